The van der Waals surface area contributed by atoms with Crippen molar-refractivity contribution in [3.63, 3.8) is 0 Å². The standard InChI is InChI=1S/C16H15NOS2/c18-15(13-4-2-1-3-5-13)11-19-10-12-8-16-14(17-9-12)6-7-20-16/h1-9,15,18H,10-11H2. The van der Waals surface area contributed by atoms with E-state index in [4.69, 9.17) is 0 Å². The predicted molar refractivity (Wildman–Crippen MR) is 87.2 cm³/mol. The second-order valence-corrected chi connectivity index (χ2v) is 6.57. The molecule has 3 rings (SSSR count). The summed E-state index contributed by atoms with van der Waals surface area (Å²) in [5.41, 5.74) is 3.25. The fourth-order valence-electron chi connectivity index (χ4n) is 2.03. The van der Waals surface area contributed by atoms with Crippen LogP contribution in [0, 0.1) is 0 Å². The number of hydrogen-bond donors (Lipinski definition) is 1. The lowest BCUT2D eigenvalue weighted by molar-refractivity contribution is 0.204. The van der Waals surface area contributed by atoms with Crippen molar-refractivity contribution in [1.29, 1.82) is 0 Å². The minimum Gasteiger partial charge on any atom is -0.388 e. The average Bonchev–Trinajstić information content (AvgIpc) is 2.95. The molecule has 0 spiro atoms. The Morgan fingerprint density at radius 3 is 2.90 bits per heavy atom. The van der Waals surface area contributed by atoms with Crippen LogP contribution in [-0.2, 0) is 5.75 Å². The highest BCUT2D eigenvalue weighted by Crippen LogP contribution is 2.24. The number of thiophene rings is 1. The predicted octanol–water partition coefficient (Wildman–Crippen LogP) is 4.26. The summed E-state index contributed by atoms with van der Waals surface area (Å²) in [5.74, 6) is 1.58. The van der Waals surface area contributed by atoms with Gasteiger partial charge in [-0.05, 0) is 28.6 Å². The maximum atomic E-state index is 10.1. The van der Waals surface area contributed by atoms with Gasteiger partial charge in [-0.15, -0.1) is 11.3 Å². The lowest BCUT2D eigenvalue weighted by atomic mass is 10.1. The van der Waals surface area contributed by atoms with Crippen LogP contribution in [0.1, 0.15) is 17.2 Å². The minimum atomic E-state index is -0.403. The van der Waals surface area contributed by atoms with Gasteiger partial charge in [0.15, 0.2) is 0 Å². The maximum absolute atomic E-state index is 10.1. The number of fused-ring (bicyclic) bond motifs is 1. The zero-order valence-corrected chi connectivity index (χ0v) is 12.5. The minimum absolute atomic E-state index is 0.403. The molecule has 1 N–H and O–H groups in total. The Labute approximate surface area is 126 Å². The Morgan fingerprint density at radius 1 is 1.20 bits per heavy atom. The van der Waals surface area contributed by atoms with Crippen LogP contribution in [0.4, 0.5) is 0 Å². The summed E-state index contributed by atoms with van der Waals surface area (Å²) in [6, 6.07) is 14.0. The van der Waals surface area contributed by atoms with Crippen molar-refractivity contribution in [2.75, 3.05) is 5.75 Å². The summed E-state index contributed by atoms with van der Waals surface area (Å²) >= 11 is 3.45. The number of aliphatic hydroxyl groups is 1. The van der Waals surface area contributed by atoms with E-state index < -0.39 is 6.10 Å². The quantitative estimate of drug-likeness (QED) is 0.764. The Morgan fingerprint density at radius 2 is 2.05 bits per heavy atom. The topological polar surface area (TPSA) is 33.1 Å². The van der Waals surface area contributed by atoms with Gasteiger partial charge < -0.3 is 5.11 Å². The van der Waals surface area contributed by atoms with Crippen molar-refractivity contribution in [3.8, 4) is 0 Å². The third kappa shape index (κ3) is 3.20. The molecule has 2 aromatic heterocycles. The van der Waals surface area contributed by atoms with Gasteiger partial charge in [0, 0.05) is 17.7 Å². The van der Waals surface area contributed by atoms with Crippen molar-refractivity contribution < 1.29 is 5.11 Å². The van der Waals surface area contributed by atoms with Crippen LogP contribution in [0.3, 0.4) is 0 Å². The first-order valence-corrected chi connectivity index (χ1v) is 8.49. The number of hydrogen-bond acceptors (Lipinski definition) is 4. The molecule has 0 amide bonds. The molecule has 102 valence electrons. The summed E-state index contributed by atoms with van der Waals surface area (Å²) < 4.78 is 1.23. The molecule has 4 heteroatoms. The average molecular weight is 301 g/mol. The first-order chi connectivity index (χ1) is 9.83. The van der Waals surface area contributed by atoms with Crippen molar-refractivity contribution in [2.24, 2.45) is 0 Å². The van der Waals surface area contributed by atoms with Gasteiger partial charge in [0.2, 0.25) is 0 Å². The van der Waals surface area contributed by atoms with Crippen LogP contribution < -0.4 is 0 Å². The molecule has 1 unspecified atom stereocenters. The van der Waals surface area contributed by atoms with Crippen molar-refractivity contribution in [3.05, 3.63) is 65.2 Å². The molecule has 0 saturated heterocycles. The Hall–Kier alpha value is -1.36. The fraction of sp³-hybridized carbons (Fsp3) is 0.188. The molecule has 3 aromatic rings. The summed E-state index contributed by atoms with van der Waals surface area (Å²) in [6.45, 7) is 0. The molecule has 1 aromatic carbocycles. The lowest BCUT2D eigenvalue weighted by Gasteiger charge is -2.10. The van der Waals surface area contributed by atoms with Gasteiger partial charge >= 0.3 is 0 Å². The van der Waals surface area contributed by atoms with E-state index >= 15 is 0 Å². The van der Waals surface area contributed by atoms with Crippen molar-refractivity contribution in [2.45, 2.75) is 11.9 Å². The normalized spacial score (nSPS) is 12.7. The highest BCUT2D eigenvalue weighted by Gasteiger charge is 2.07. The van der Waals surface area contributed by atoms with E-state index in [1.165, 1.54) is 10.3 Å². The largest absolute Gasteiger partial charge is 0.388 e. The number of rotatable bonds is 5. The Balaban J connectivity index is 1.57. The van der Waals surface area contributed by atoms with Gasteiger partial charge in [-0.25, -0.2) is 0 Å². The molecule has 2 heterocycles. The van der Waals surface area contributed by atoms with E-state index in [1.54, 1.807) is 23.1 Å². The van der Waals surface area contributed by atoms with Gasteiger partial charge in [0.1, 0.15) is 0 Å². The van der Waals surface area contributed by atoms with E-state index in [0.29, 0.717) is 5.75 Å². The first-order valence-electron chi connectivity index (χ1n) is 6.46. The molecule has 0 saturated carbocycles. The molecule has 20 heavy (non-hydrogen) atoms. The van der Waals surface area contributed by atoms with E-state index in [9.17, 15) is 5.11 Å². The number of aromatic nitrogens is 1. The van der Waals surface area contributed by atoms with E-state index in [-0.39, 0.29) is 0 Å². The van der Waals surface area contributed by atoms with E-state index in [0.717, 1.165) is 16.8 Å². The van der Waals surface area contributed by atoms with Crippen molar-refractivity contribution in [1.82, 2.24) is 4.98 Å². The van der Waals surface area contributed by atoms with Crippen LogP contribution >= 0.6 is 23.1 Å². The third-order valence-electron chi connectivity index (χ3n) is 3.09. The molecular formula is C16H15NOS2. The monoisotopic (exact) mass is 301 g/mol. The number of benzene rings is 1. The molecule has 0 radical (unpaired) electrons. The summed E-state index contributed by atoms with van der Waals surface area (Å²) in [4.78, 5) is 4.43. The Bertz CT molecular complexity index is 681. The number of thioether (sulfide) groups is 1. The van der Waals surface area contributed by atoms with Crippen LogP contribution in [0.5, 0.6) is 0 Å². The fourth-order valence-corrected chi connectivity index (χ4v) is 3.76. The highest BCUT2D eigenvalue weighted by molar-refractivity contribution is 7.98. The maximum Gasteiger partial charge on any atom is 0.0880 e. The van der Waals surface area contributed by atoms with Gasteiger partial charge in [-0.2, -0.15) is 11.8 Å². The summed E-state index contributed by atoms with van der Waals surface area (Å²) in [5, 5.41) is 12.2. The molecule has 0 fully saturated rings. The van der Waals surface area contributed by atoms with Gasteiger partial charge in [-0.3, -0.25) is 4.98 Å². The van der Waals surface area contributed by atoms with E-state index in [1.807, 2.05) is 42.6 Å². The van der Waals surface area contributed by atoms with Gasteiger partial charge in [-0.1, -0.05) is 30.3 Å². The molecule has 2 nitrogen and oxygen atoms in total. The Kier molecular flexibility index (Phi) is 4.35. The van der Waals surface area contributed by atoms with Crippen LogP contribution in [0.25, 0.3) is 10.2 Å². The number of nitrogens with zero attached hydrogens (tertiary/aromatic N) is 1. The molecule has 0 aliphatic heterocycles. The number of aliphatic hydroxyl groups excluding tert-OH is 1. The smallest absolute Gasteiger partial charge is 0.0880 e. The van der Waals surface area contributed by atoms with Gasteiger partial charge in [0.05, 0.1) is 16.3 Å². The van der Waals surface area contributed by atoms with E-state index in [2.05, 4.69) is 16.4 Å². The highest BCUT2D eigenvalue weighted by atomic mass is 32.2. The van der Waals surface area contributed by atoms with Crippen LogP contribution in [0.15, 0.2) is 54.0 Å². The van der Waals surface area contributed by atoms with Crippen LogP contribution in [-0.4, -0.2) is 15.8 Å². The molecule has 0 aliphatic carbocycles. The zero-order valence-electron chi connectivity index (χ0n) is 10.9. The third-order valence-corrected chi connectivity index (χ3v) is 5.03. The summed E-state index contributed by atoms with van der Waals surface area (Å²) in [7, 11) is 0. The van der Waals surface area contributed by atoms with Crippen molar-refractivity contribution >= 4 is 33.3 Å². The zero-order chi connectivity index (χ0) is 13.8. The molecule has 0 aliphatic rings. The first kappa shape index (κ1) is 13.6. The number of pyridine rings is 1. The second kappa shape index (κ2) is 6.39. The van der Waals surface area contributed by atoms with Gasteiger partial charge in [0.25, 0.3) is 0 Å². The summed E-state index contributed by atoms with van der Waals surface area (Å²) in [6.07, 6.45) is 1.52. The molecule has 0 bridgehead atoms. The second-order valence-electron chi connectivity index (χ2n) is 4.59. The van der Waals surface area contributed by atoms with Crippen LogP contribution in [0.2, 0.25) is 0 Å². The lowest BCUT2D eigenvalue weighted by Crippen LogP contribution is -2.00. The molecular weight excluding hydrogens is 286 g/mol. The molecule has 1 atom stereocenters. The SMILES string of the molecule is OC(CSCc1cnc2ccsc2c1)c1ccccc1.